The van der Waals surface area contributed by atoms with Crippen molar-refractivity contribution < 1.29 is 13.2 Å². The third-order valence-electron chi connectivity index (χ3n) is 2.88. The van der Waals surface area contributed by atoms with Gasteiger partial charge in [0.15, 0.2) is 0 Å². The Morgan fingerprint density at radius 3 is 2.50 bits per heavy atom. The van der Waals surface area contributed by atoms with Crippen LogP contribution in [-0.2, 0) is 14.8 Å². The fourth-order valence-electron chi connectivity index (χ4n) is 1.73. The number of hydrogen-bond donors (Lipinski definition) is 2. The lowest BCUT2D eigenvalue weighted by molar-refractivity contribution is -0.116. The van der Waals surface area contributed by atoms with E-state index in [-0.39, 0.29) is 23.8 Å². The maximum absolute atomic E-state index is 12.0. The number of anilines is 1. The molecule has 0 fully saturated rings. The molecule has 0 unspecified atom stereocenters. The van der Waals surface area contributed by atoms with Gasteiger partial charge >= 0.3 is 0 Å². The summed E-state index contributed by atoms with van der Waals surface area (Å²) in [6.45, 7) is 1.92. The fourth-order valence-corrected chi connectivity index (χ4v) is 2.78. The lowest BCUT2D eigenvalue weighted by Crippen LogP contribution is -2.27. The topological polar surface area (TPSA) is 88.2 Å². The molecule has 6 nitrogen and oxygen atoms in total. The first kappa shape index (κ1) is 16.1. The molecule has 0 aliphatic heterocycles. The average molecular weight is 319 g/mol. The maximum atomic E-state index is 12.0. The number of hydrogen-bond acceptors (Lipinski definition) is 4. The van der Waals surface area contributed by atoms with Crippen molar-refractivity contribution in [1.29, 1.82) is 0 Å². The van der Waals surface area contributed by atoms with Crippen molar-refractivity contribution in [3.05, 3.63) is 54.2 Å². The summed E-state index contributed by atoms with van der Waals surface area (Å²) in [6.07, 6.45) is 1.68. The van der Waals surface area contributed by atoms with E-state index in [0.717, 1.165) is 5.56 Å². The molecule has 1 aromatic carbocycles. The van der Waals surface area contributed by atoms with E-state index in [1.54, 1.807) is 30.5 Å². The maximum Gasteiger partial charge on any atom is 0.240 e. The van der Waals surface area contributed by atoms with Crippen LogP contribution in [-0.4, -0.2) is 25.9 Å². The molecule has 1 aromatic heterocycles. The Bertz CT molecular complexity index is 728. The van der Waals surface area contributed by atoms with Gasteiger partial charge in [-0.3, -0.25) is 4.79 Å². The average Bonchev–Trinajstić information content (AvgIpc) is 2.50. The van der Waals surface area contributed by atoms with Gasteiger partial charge in [0.05, 0.1) is 4.90 Å². The lowest BCUT2D eigenvalue weighted by atomic mass is 10.3. The largest absolute Gasteiger partial charge is 0.311 e. The molecule has 0 spiro atoms. The first-order valence-corrected chi connectivity index (χ1v) is 8.23. The molecule has 0 saturated heterocycles. The number of carbonyl (C=O) groups excluding carboxylic acids is 1. The van der Waals surface area contributed by atoms with Crippen LogP contribution in [0.5, 0.6) is 0 Å². The van der Waals surface area contributed by atoms with Crippen LogP contribution < -0.4 is 10.0 Å². The highest BCUT2D eigenvalue weighted by Gasteiger charge is 2.13. The van der Waals surface area contributed by atoms with Crippen molar-refractivity contribution in [3.63, 3.8) is 0 Å². The second-order valence-electron chi connectivity index (χ2n) is 4.73. The minimum Gasteiger partial charge on any atom is -0.311 e. The van der Waals surface area contributed by atoms with Crippen molar-refractivity contribution in [3.8, 4) is 0 Å². The van der Waals surface area contributed by atoms with Crippen LogP contribution in [0.25, 0.3) is 0 Å². The smallest absolute Gasteiger partial charge is 0.240 e. The highest BCUT2D eigenvalue weighted by atomic mass is 32.2. The summed E-state index contributed by atoms with van der Waals surface area (Å²) in [6, 6.07) is 11.6. The molecule has 22 heavy (non-hydrogen) atoms. The molecule has 2 rings (SSSR count). The van der Waals surface area contributed by atoms with Gasteiger partial charge in [0, 0.05) is 19.2 Å². The second-order valence-corrected chi connectivity index (χ2v) is 6.50. The molecule has 1 heterocycles. The van der Waals surface area contributed by atoms with Crippen molar-refractivity contribution >= 4 is 21.7 Å². The third kappa shape index (κ3) is 4.64. The predicted molar refractivity (Wildman–Crippen MR) is 83.9 cm³/mol. The second kappa shape index (κ2) is 7.15. The van der Waals surface area contributed by atoms with E-state index in [9.17, 15) is 13.2 Å². The molecular formula is C15H17N3O3S. The minimum atomic E-state index is -3.58. The van der Waals surface area contributed by atoms with Gasteiger partial charge in [-0.25, -0.2) is 18.1 Å². The number of aryl methyl sites for hydroxylation is 1. The highest BCUT2D eigenvalue weighted by molar-refractivity contribution is 7.89. The van der Waals surface area contributed by atoms with Gasteiger partial charge in [0.1, 0.15) is 5.82 Å². The first-order valence-electron chi connectivity index (χ1n) is 6.74. The normalized spacial score (nSPS) is 11.1. The molecule has 7 heteroatoms. The van der Waals surface area contributed by atoms with Gasteiger partial charge in [-0.1, -0.05) is 24.3 Å². The highest BCUT2D eigenvalue weighted by Crippen LogP contribution is 2.07. The number of sulfonamides is 1. The molecule has 0 bridgehead atoms. The molecule has 0 aliphatic carbocycles. The third-order valence-corrected chi connectivity index (χ3v) is 4.35. The van der Waals surface area contributed by atoms with Gasteiger partial charge in [-0.2, -0.15) is 0 Å². The summed E-state index contributed by atoms with van der Waals surface area (Å²) in [5.74, 6) is 0.147. The predicted octanol–water partition coefficient (Wildman–Crippen LogP) is 1.70. The Morgan fingerprint density at radius 2 is 1.86 bits per heavy atom. The number of nitrogens with zero attached hydrogens (tertiary/aromatic N) is 1. The summed E-state index contributed by atoms with van der Waals surface area (Å²) in [5, 5.41) is 2.61. The van der Waals surface area contributed by atoms with E-state index in [2.05, 4.69) is 15.0 Å². The van der Waals surface area contributed by atoms with Gasteiger partial charge in [0.2, 0.25) is 15.9 Å². The van der Waals surface area contributed by atoms with Crippen molar-refractivity contribution in [1.82, 2.24) is 9.71 Å². The van der Waals surface area contributed by atoms with Gasteiger partial charge in [-0.15, -0.1) is 0 Å². The molecule has 0 radical (unpaired) electrons. The van der Waals surface area contributed by atoms with E-state index in [4.69, 9.17) is 0 Å². The molecule has 0 saturated carbocycles. The Kier molecular flexibility index (Phi) is 5.24. The molecule has 2 aromatic rings. The van der Waals surface area contributed by atoms with Gasteiger partial charge in [-0.05, 0) is 30.7 Å². The fraction of sp³-hybridized carbons (Fsp3) is 0.200. The van der Waals surface area contributed by atoms with Crippen LogP contribution in [0.4, 0.5) is 5.82 Å². The molecule has 116 valence electrons. The number of carbonyl (C=O) groups is 1. The Morgan fingerprint density at radius 1 is 1.14 bits per heavy atom. The summed E-state index contributed by atoms with van der Waals surface area (Å²) < 4.78 is 26.3. The summed E-state index contributed by atoms with van der Waals surface area (Å²) in [4.78, 5) is 16.0. The number of benzene rings is 1. The first-order chi connectivity index (χ1) is 10.5. The molecular weight excluding hydrogens is 302 g/mol. The Balaban J connectivity index is 1.83. The van der Waals surface area contributed by atoms with Crippen LogP contribution in [0.3, 0.4) is 0 Å². The van der Waals surface area contributed by atoms with Crippen LogP contribution >= 0.6 is 0 Å². The number of amides is 1. The van der Waals surface area contributed by atoms with Crippen molar-refractivity contribution in [2.24, 2.45) is 0 Å². The molecule has 2 N–H and O–H groups in total. The number of nitrogens with one attached hydrogen (secondary N) is 2. The zero-order valence-electron chi connectivity index (χ0n) is 12.1. The van der Waals surface area contributed by atoms with Crippen molar-refractivity contribution in [2.45, 2.75) is 18.2 Å². The SMILES string of the molecule is Cc1ccc(NC(=O)CCNS(=O)(=O)c2ccccc2)nc1. The number of rotatable bonds is 6. The van der Waals surface area contributed by atoms with Crippen molar-refractivity contribution in [2.75, 3.05) is 11.9 Å². The van der Waals surface area contributed by atoms with Crippen LogP contribution in [0.15, 0.2) is 53.6 Å². The van der Waals surface area contributed by atoms with E-state index in [1.165, 1.54) is 12.1 Å². The van der Waals surface area contributed by atoms with Crippen LogP contribution in [0.2, 0.25) is 0 Å². The van der Waals surface area contributed by atoms with E-state index in [1.807, 2.05) is 13.0 Å². The summed E-state index contributed by atoms with van der Waals surface area (Å²) in [7, 11) is -3.58. The van der Waals surface area contributed by atoms with Gasteiger partial charge < -0.3 is 5.32 Å². The van der Waals surface area contributed by atoms with Crippen LogP contribution in [0, 0.1) is 6.92 Å². The van der Waals surface area contributed by atoms with Crippen LogP contribution in [0.1, 0.15) is 12.0 Å². The van der Waals surface area contributed by atoms with E-state index < -0.39 is 10.0 Å². The Labute approximate surface area is 129 Å². The number of pyridine rings is 1. The van der Waals surface area contributed by atoms with E-state index >= 15 is 0 Å². The molecule has 0 aliphatic rings. The van der Waals surface area contributed by atoms with Gasteiger partial charge in [0.25, 0.3) is 0 Å². The standard InChI is InChI=1S/C15H17N3O3S/c1-12-7-8-14(16-11-12)18-15(19)9-10-17-22(20,21)13-5-3-2-4-6-13/h2-8,11,17H,9-10H2,1H3,(H,16,18,19). The summed E-state index contributed by atoms with van der Waals surface area (Å²) >= 11 is 0. The van der Waals surface area contributed by atoms with E-state index in [0.29, 0.717) is 5.82 Å². The number of aromatic nitrogens is 1. The summed E-state index contributed by atoms with van der Waals surface area (Å²) in [5.41, 5.74) is 0.994. The quantitative estimate of drug-likeness (QED) is 0.848. The minimum absolute atomic E-state index is 0.0227. The molecule has 0 atom stereocenters. The monoisotopic (exact) mass is 319 g/mol. The molecule has 1 amide bonds. The Hall–Kier alpha value is -2.25. The zero-order valence-corrected chi connectivity index (χ0v) is 12.9. The zero-order chi connectivity index (χ0) is 16.0. The lowest BCUT2D eigenvalue weighted by Gasteiger charge is -2.07.